The summed E-state index contributed by atoms with van der Waals surface area (Å²) in [5.74, 6) is 1.29. The number of hydrogen-bond acceptors (Lipinski definition) is 10. The van der Waals surface area contributed by atoms with E-state index < -0.39 is 43.4 Å². The van der Waals surface area contributed by atoms with Crippen molar-refractivity contribution < 1.29 is 33.8 Å². The first-order valence-corrected chi connectivity index (χ1v) is 15.0. The number of aryl methyl sites for hydroxylation is 1. The summed E-state index contributed by atoms with van der Waals surface area (Å²) in [6.07, 6.45) is -1.18. The van der Waals surface area contributed by atoms with Crippen molar-refractivity contribution in [2.24, 2.45) is 0 Å². The van der Waals surface area contributed by atoms with E-state index in [-0.39, 0.29) is 18.6 Å². The summed E-state index contributed by atoms with van der Waals surface area (Å²) in [6, 6.07) is 24.3. The van der Waals surface area contributed by atoms with Gasteiger partial charge in [0.2, 0.25) is 0 Å². The van der Waals surface area contributed by atoms with E-state index in [9.17, 15) is 24.5 Å². The number of hydrogen-bond donors (Lipinski definition) is 5. The van der Waals surface area contributed by atoms with E-state index >= 15 is 0 Å². The Kier molecular flexibility index (Phi) is 9.33. The number of benzene rings is 3. The normalized spacial score (nSPS) is 20.2. The largest absolute Gasteiger partial charge is 0.497 e. The maximum atomic E-state index is 12.7. The highest BCUT2D eigenvalue weighted by Crippen LogP contribution is 2.44. The lowest BCUT2D eigenvalue weighted by atomic mass is 9.80. The lowest BCUT2D eigenvalue weighted by Gasteiger charge is -2.38. The molecule has 232 valence electrons. The minimum atomic E-state index is -2.78. The molecule has 12 nitrogen and oxygen atoms in total. The Labute approximate surface area is 254 Å². The molecule has 4 aromatic rings. The SMILES string of the molecule is COc1ccc(C(OC[C@H]2O[C@@H](n3cc(C)c(=O)[nH]c3=O)C[C@@]2(O)NP(O)O)(c2ccccc2)c2ccc(OC)cc2)cc1. The molecular formula is C31H34N3O9P. The average molecular weight is 624 g/mol. The van der Waals surface area contributed by atoms with E-state index in [0.717, 1.165) is 21.3 Å². The first kappa shape index (κ1) is 31.6. The highest BCUT2D eigenvalue weighted by Gasteiger charge is 2.51. The number of aromatic amines is 1. The van der Waals surface area contributed by atoms with E-state index in [1.54, 1.807) is 14.2 Å². The Morgan fingerprint density at radius 3 is 2.02 bits per heavy atom. The number of ether oxygens (including phenoxy) is 4. The summed E-state index contributed by atoms with van der Waals surface area (Å²) < 4.78 is 25.0. The third-order valence-electron chi connectivity index (χ3n) is 7.71. The molecule has 0 amide bonds. The van der Waals surface area contributed by atoms with Gasteiger partial charge in [0.25, 0.3) is 14.1 Å². The minimum Gasteiger partial charge on any atom is -0.497 e. The van der Waals surface area contributed by atoms with Gasteiger partial charge in [-0.25, -0.2) is 9.88 Å². The van der Waals surface area contributed by atoms with Gasteiger partial charge in [-0.05, 0) is 47.9 Å². The molecule has 2 heterocycles. The monoisotopic (exact) mass is 623 g/mol. The van der Waals surface area contributed by atoms with Gasteiger partial charge in [0, 0.05) is 18.2 Å². The predicted molar refractivity (Wildman–Crippen MR) is 162 cm³/mol. The van der Waals surface area contributed by atoms with Crippen molar-refractivity contribution in [3.8, 4) is 11.5 Å². The van der Waals surface area contributed by atoms with Crippen molar-refractivity contribution in [1.82, 2.24) is 14.6 Å². The minimum absolute atomic E-state index is 0.254. The van der Waals surface area contributed by atoms with Crippen LogP contribution in [0.4, 0.5) is 0 Å². The smallest absolute Gasteiger partial charge is 0.330 e. The number of methoxy groups -OCH3 is 2. The first-order valence-electron chi connectivity index (χ1n) is 13.7. The second kappa shape index (κ2) is 13.0. The fraction of sp³-hybridized carbons (Fsp3) is 0.290. The van der Waals surface area contributed by atoms with Gasteiger partial charge in [-0.1, -0.05) is 54.6 Å². The average Bonchev–Trinajstić information content (AvgIpc) is 3.34. The van der Waals surface area contributed by atoms with Crippen LogP contribution in [0.15, 0.2) is 94.6 Å². The van der Waals surface area contributed by atoms with Crippen molar-refractivity contribution in [2.75, 3.05) is 20.8 Å². The molecular weight excluding hydrogens is 589 g/mol. The lowest BCUT2D eigenvalue weighted by Crippen LogP contribution is -2.52. The Bertz CT molecular complexity index is 1630. The zero-order chi connectivity index (χ0) is 31.5. The van der Waals surface area contributed by atoms with Crippen molar-refractivity contribution in [2.45, 2.75) is 37.0 Å². The van der Waals surface area contributed by atoms with Crippen molar-refractivity contribution in [1.29, 1.82) is 0 Å². The molecule has 0 radical (unpaired) electrons. The van der Waals surface area contributed by atoms with E-state index in [0.29, 0.717) is 11.5 Å². The molecule has 1 aromatic heterocycles. The number of nitrogens with one attached hydrogen (secondary N) is 2. The third kappa shape index (κ3) is 6.19. The number of aliphatic hydroxyl groups is 1. The fourth-order valence-corrected chi connectivity index (χ4v) is 6.04. The van der Waals surface area contributed by atoms with Crippen molar-refractivity contribution in [3.05, 3.63) is 128 Å². The van der Waals surface area contributed by atoms with Crippen LogP contribution in [0.25, 0.3) is 0 Å². The first-order chi connectivity index (χ1) is 21.1. The molecule has 1 fully saturated rings. The van der Waals surface area contributed by atoms with Crippen molar-refractivity contribution in [3.63, 3.8) is 0 Å². The van der Waals surface area contributed by atoms with Gasteiger partial charge in [-0.2, -0.15) is 0 Å². The Hall–Kier alpha value is -3.87. The van der Waals surface area contributed by atoms with Gasteiger partial charge in [-0.3, -0.25) is 14.3 Å². The van der Waals surface area contributed by atoms with Gasteiger partial charge in [0.05, 0.1) is 20.8 Å². The Balaban J connectivity index is 1.60. The molecule has 13 heteroatoms. The zero-order valence-electron chi connectivity index (χ0n) is 24.3. The highest BCUT2D eigenvalue weighted by atomic mass is 31.2. The predicted octanol–water partition coefficient (Wildman–Crippen LogP) is 2.65. The second-order valence-electron chi connectivity index (χ2n) is 10.4. The molecule has 5 rings (SSSR count). The summed E-state index contributed by atoms with van der Waals surface area (Å²) >= 11 is 0. The van der Waals surface area contributed by atoms with Crippen LogP contribution in [0, 0.1) is 6.92 Å². The van der Waals surface area contributed by atoms with Crippen LogP contribution >= 0.6 is 8.53 Å². The van der Waals surface area contributed by atoms with Gasteiger partial charge in [-0.15, -0.1) is 0 Å². The van der Waals surface area contributed by atoms with Crippen LogP contribution in [0.3, 0.4) is 0 Å². The highest BCUT2D eigenvalue weighted by molar-refractivity contribution is 7.42. The summed E-state index contributed by atoms with van der Waals surface area (Å²) in [5, 5.41) is 14.1. The molecule has 0 unspecified atom stereocenters. The van der Waals surface area contributed by atoms with Crippen LogP contribution in [-0.2, 0) is 15.1 Å². The molecule has 0 spiro atoms. The Morgan fingerprint density at radius 2 is 1.50 bits per heavy atom. The maximum absolute atomic E-state index is 12.7. The molecule has 0 saturated carbocycles. The number of rotatable bonds is 11. The molecule has 5 N–H and O–H groups in total. The molecule has 1 saturated heterocycles. The zero-order valence-corrected chi connectivity index (χ0v) is 25.2. The molecule has 1 aliphatic heterocycles. The van der Waals surface area contributed by atoms with Crippen LogP contribution in [0.2, 0.25) is 0 Å². The van der Waals surface area contributed by atoms with E-state index in [1.165, 1.54) is 13.1 Å². The van der Waals surface area contributed by atoms with Gasteiger partial charge in [0.1, 0.15) is 29.4 Å². The number of aromatic nitrogens is 2. The second-order valence-corrected chi connectivity index (χ2v) is 11.2. The maximum Gasteiger partial charge on any atom is 0.330 e. The Morgan fingerprint density at radius 1 is 0.955 bits per heavy atom. The molecule has 0 bridgehead atoms. The molecule has 3 aromatic carbocycles. The summed E-state index contributed by atoms with van der Waals surface area (Å²) in [7, 11) is 0.370. The molecule has 1 aliphatic rings. The van der Waals surface area contributed by atoms with Crippen LogP contribution in [-0.4, -0.2) is 57.1 Å². The van der Waals surface area contributed by atoms with E-state index in [1.807, 2.05) is 78.9 Å². The molecule has 0 aliphatic carbocycles. The molecule has 44 heavy (non-hydrogen) atoms. The van der Waals surface area contributed by atoms with E-state index in [4.69, 9.17) is 18.9 Å². The standard InChI is InChI=1S/C31H34N3O9P/c1-20-18-34(29(36)32-28(20)35)27-17-30(37,33-44(38)39)26(43-27)19-42-31(21-7-5-4-6-8-21,22-9-13-24(40-2)14-10-22)23-11-15-25(41-3)16-12-23/h4-16,18,26-27,33,37-39H,17,19H2,1-3H3,(H,32,35,36)/t26-,27-,30+/m1/s1. The van der Waals surface area contributed by atoms with Crippen LogP contribution < -0.4 is 25.8 Å². The summed E-state index contributed by atoms with van der Waals surface area (Å²) in [5.41, 5.74) is -2.06. The lowest BCUT2D eigenvalue weighted by molar-refractivity contribution is -0.124. The number of nitrogens with zero attached hydrogens (tertiary/aromatic N) is 1. The van der Waals surface area contributed by atoms with Gasteiger partial charge in [0.15, 0.2) is 5.72 Å². The summed E-state index contributed by atoms with van der Waals surface area (Å²) in [6.45, 7) is 1.26. The quantitative estimate of drug-likeness (QED) is 0.0953. The number of H-pyrrole nitrogens is 1. The third-order valence-corrected chi connectivity index (χ3v) is 8.30. The molecule has 3 atom stereocenters. The fourth-order valence-electron chi connectivity index (χ4n) is 5.45. The summed E-state index contributed by atoms with van der Waals surface area (Å²) in [4.78, 5) is 46.6. The van der Waals surface area contributed by atoms with Crippen molar-refractivity contribution >= 4 is 8.53 Å². The van der Waals surface area contributed by atoms with Crippen LogP contribution in [0.5, 0.6) is 11.5 Å². The van der Waals surface area contributed by atoms with Gasteiger partial charge >= 0.3 is 5.69 Å². The van der Waals surface area contributed by atoms with Crippen LogP contribution in [0.1, 0.15) is 34.9 Å². The topological polar surface area (TPSA) is 164 Å². The van der Waals surface area contributed by atoms with Gasteiger partial charge < -0.3 is 33.8 Å². The van der Waals surface area contributed by atoms with E-state index in [2.05, 4.69) is 10.1 Å².